The lowest BCUT2D eigenvalue weighted by Gasteiger charge is -2.05. The van der Waals surface area contributed by atoms with Gasteiger partial charge in [0.2, 0.25) is 5.89 Å². The Bertz CT molecular complexity index is 433. The van der Waals surface area contributed by atoms with Crippen LogP contribution in [0.4, 0.5) is 4.79 Å². The summed E-state index contributed by atoms with van der Waals surface area (Å²) in [5.74, 6) is 0.133. The van der Waals surface area contributed by atoms with Crippen LogP contribution in [-0.2, 0) is 11.3 Å². The Kier molecular flexibility index (Phi) is 7.08. The molecular weight excluding hydrogens is 264 g/mol. The topological polar surface area (TPSA) is 117 Å². The zero-order valence-corrected chi connectivity index (χ0v) is 11.5. The van der Waals surface area contributed by atoms with Gasteiger partial charge in [-0.25, -0.2) is 4.79 Å². The van der Waals surface area contributed by atoms with Gasteiger partial charge in [0.05, 0.1) is 6.54 Å². The zero-order valence-electron chi connectivity index (χ0n) is 11.5. The number of aryl methyl sites for hydroxylation is 1. The number of nitrogens with one attached hydrogen (secondary N) is 2. The molecule has 0 saturated carbocycles. The van der Waals surface area contributed by atoms with Crippen molar-refractivity contribution in [2.75, 3.05) is 6.54 Å². The lowest BCUT2D eigenvalue weighted by Crippen LogP contribution is -2.35. The number of rotatable bonds is 9. The van der Waals surface area contributed by atoms with Gasteiger partial charge < -0.3 is 20.3 Å². The zero-order chi connectivity index (χ0) is 14.8. The van der Waals surface area contributed by atoms with Gasteiger partial charge in [0.1, 0.15) is 0 Å². The van der Waals surface area contributed by atoms with Crippen molar-refractivity contribution < 1.29 is 19.2 Å². The first kappa shape index (κ1) is 15.9. The number of hydrogen-bond donors (Lipinski definition) is 3. The molecule has 1 aromatic rings. The number of aliphatic carboxylic acids is 1. The van der Waals surface area contributed by atoms with E-state index < -0.39 is 5.97 Å². The van der Waals surface area contributed by atoms with Crippen molar-refractivity contribution in [2.24, 2.45) is 0 Å². The van der Waals surface area contributed by atoms with E-state index in [2.05, 4.69) is 20.8 Å². The first-order valence-corrected chi connectivity index (χ1v) is 6.60. The van der Waals surface area contributed by atoms with E-state index in [9.17, 15) is 9.59 Å². The second-order valence-corrected chi connectivity index (χ2v) is 4.40. The Labute approximate surface area is 116 Å². The van der Waals surface area contributed by atoms with Crippen molar-refractivity contribution in [1.29, 1.82) is 0 Å². The standard InChI is InChI=1S/C12H20N4O4/c1-9-15-10(16-20-9)8-14-12(19)13-7-5-3-2-4-6-11(17)18/h2-8H2,1H3,(H,17,18)(H2,13,14,19). The third-order valence-corrected chi connectivity index (χ3v) is 2.58. The first-order chi connectivity index (χ1) is 9.58. The number of unbranched alkanes of at least 4 members (excludes halogenated alkanes) is 3. The minimum Gasteiger partial charge on any atom is -0.481 e. The van der Waals surface area contributed by atoms with E-state index in [-0.39, 0.29) is 19.0 Å². The highest BCUT2D eigenvalue weighted by Gasteiger charge is 2.04. The molecule has 8 heteroatoms. The Morgan fingerprint density at radius 1 is 1.20 bits per heavy atom. The fourth-order valence-corrected chi connectivity index (χ4v) is 1.59. The molecule has 1 heterocycles. The fraction of sp³-hybridized carbons (Fsp3) is 0.667. The maximum Gasteiger partial charge on any atom is 0.315 e. The van der Waals surface area contributed by atoms with Gasteiger partial charge in [0.25, 0.3) is 0 Å². The van der Waals surface area contributed by atoms with Crippen LogP contribution >= 0.6 is 0 Å². The average Bonchev–Trinajstić information content (AvgIpc) is 2.81. The minimum absolute atomic E-state index is 0.206. The highest BCUT2D eigenvalue weighted by molar-refractivity contribution is 5.73. The van der Waals surface area contributed by atoms with E-state index in [0.29, 0.717) is 24.7 Å². The summed E-state index contributed by atoms with van der Waals surface area (Å²) in [4.78, 5) is 25.7. The monoisotopic (exact) mass is 284 g/mol. The van der Waals surface area contributed by atoms with Crippen molar-refractivity contribution in [3.63, 3.8) is 0 Å². The number of carboxylic acids is 1. The van der Waals surface area contributed by atoms with Crippen molar-refractivity contribution in [2.45, 2.75) is 45.6 Å². The number of carboxylic acid groups (broad SMARTS) is 1. The Morgan fingerprint density at radius 2 is 1.95 bits per heavy atom. The molecule has 8 nitrogen and oxygen atoms in total. The first-order valence-electron chi connectivity index (χ1n) is 6.60. The highest BCUT2D eigenvalue weighted by Crippen LogP contribution is 2.02. The summed E-state index contributed by atoms with van der Waals surface area (Å²) in [6.45, 7) is 2.47. The van der Waals surface area contributed by atoms with Crippen LogP contribution in [0.5, 0.6) is 0 Å². The van der Waals surface area contributed by atoms with Crippen molar-refractivity contribution in [3.8, 4) is 0 Å². The normalized spacial score (nSPS) is 10.2. The van der Waals surface area contributed by atoms with E-state index in [1.54, 1.807) is 6.92 Å². The molecular formula is C12H20N4O4. The minimum atomic E-state index is -0.765. The molecule has 0 spiro atoms. The van der Waals surface area contributed by atoms with E-state index >= 15 is 0 Å². The predicted molar refractivity (Wildman–Crippen MR) is 70.0 cm³/mol. The van der Waals surface area contributed by atoms with Crippen molar-refractivity contribution >= 4 is 12.0 Å². The fourth-order valence-electron chi connectivity index (χ4n) is 1.59. The molecule has 1 aromatic heterocycles. The summed E-state index contributed by atoms with van der Waals surface area (Å²) in [5, 5.41) is 17.4. The number of aromatic nitrogens is 2. The van der Waals surface area contributed by atoms with E-state index in [1.807, 2.05) is 0 Å². The largest absolute Gasteiger partial charge is 0.481 e. The van der Waals surface area contributed by atoms with Crippen LogP contribution in [0, 0.1) is 6.92 Å². The van der Waals surface area contributed by atoms with Crippen molar-refractivity contribution in [3.05, 3.63) is 11.7 Å². The molecule has 0 aliphatic heterocycles. The molecule has 1 rings (SSSR count). The van der Waals surface area contributed by atoms with Gasteiger partial charge in [-0.05, 0) is 12.8 Å². The third-order valence-electron chi connectivity index (χ3n) is 2.58. The van der Waals surface area contributed by atoms with Crippen molar-refractivity contribution in [1.82, 2.24) is 20.8 Å². The molecule has 0 radical (unpaired) electrons. The second kappa shape index (κ2) is 8.89. The molecule has 2 amide bonds. The van der Waals surface area contributed by atoms with E-state index in [4.69, 9.17) is 9.63 Å². The maximum absolute atomic E-state index is 11.4. The smallest absolute Gasteiger partial charge is 0.315 e. The summed E-state index contributed by atoms with van der Waals surface area (Å²) in [5.41, 5.74) is 0. The van der Waals surface area contributed by atoms with Crippen LogP contribution in [0.3, 0.4) is 0 Å². The summed E-state index contributed by atoms with van der Waals surface area (Å²) in [6.07, 6.45) is 3.47. The maximum atomic E-state index is 11.4. The van der Waals surface area contributed by atoms with E-state index in [0.717, 1.165) is 19.3 Å². The Balaban J connectivity index is 1.96. The SMILES string of the molecule is Cc1nc(CNC(=O)NCCCCCCC(=O)O)no1. The molecule has 112 valence electrons. The van der Waals surface area contributed by atoms with Crippen LogP contribution in [-0.4, -0.2) is 33.8 Å². The summed E-state index contributed by atoms with van der Waals surface area (Å²) in [7, 11) is 0. The number of amides is 2. The third kappa shape index (κ3) is 7.34. The van der Waals surface area contributed by atoms with Gasteiger partial charge in [-0.1, -0.05) is 18.0 Å². The van der Waals surface area contributed by atoms with Crippen LogP contribution in [0.25, 0.3) is 0 Å². The summed E-state index contributed by atoms with van der Waals surface area (Å²) in [6, 6.07) is -0.280. The lowest BCUT2D eigenvalue weighted by atomic mass is 10.1. The molecule has 0 fully saturated rings. The van der Waals surface area contributed by atoms with Gasteiger partial charge in [-0.3, -0.25) is 4.79 Å². The Morgan fingerprint density at radius 3 is 2.60 bits per heavy atom. The summed E-state index contributed by atoms with van der Waals surface area (Å²) < 4.78 is 4.78. The average molecular weight is 284 g/mol. The molecule has 0 aliphatic carbocycles. The van der Waals surface area contributed by atoms with Gasteiger partial charge in [-0.2, -0.15) is 4.98 Å². The summed E-state index contributed by atoms with van der Waals surface area (Å²) >= 11 is 0. The van der Waals surface area contributed by atoms with Gasteiger partial charge >= 0.3 is 12.0 Å². The van der Waals surface area contributed by atoms with Crippen LogP contribution < -0.4 is 10.6 Å². The molecule has 0 unspecified atom stereocenters. The number of urea groups is 1. The predicted octanol–water partition coefficient (Wildman–Crippen LogP) is 1.21. The quantitative estimate of drug-likeness (QED) is 0.587. The molecule has 3 N–H and O–H groups in total. The van der Waals surface area contributed by atoms with E-state index in [1.165, 1.54) is 0 Å². The molecule has 0 atom stereocenters. The molecule has 0 bridgehead atoms. The lowest BCUT2D eigenvalue weighted by molar-refractivity contribution is -0.137. The highest BCUT2D eigenvalue weighted by atomic mass is 16.5. The van der Waals surface area contributed by atoms with Gasteiger partial charge in [0.15, 0.2) is 5.82 Å². The molecule has 0 aromatic carbocycles. The Hall–Kier alpha value is -2.12. The number of nitrogens with zero attached hydrogens (tertiary/aromatic N) is 2. The number of hydrogen-bond acceptors (Lipinski definition) is 5. The van der Waals surface area contributed by atoms with Crippen LogP contribution in [0.1, 0.15) is 43.8 Å². The molecule has 0 aliphatic rings. The van der Waals surface area contributed by atoms with Crippen LogP contribution in [0.2, 0.25) is 0 Å². The van der Waals surface area contributed by atoms with Gasteiger partial charge in [0, 0.05) is 19.9 Å². The molecule has 0 saturated heterocycles. The second-order valence-electron chi connectivity index (χ2n) is 4.40. The van der Waals surface area contributed by atoms with Gasteiger partial charge in [-0.15, -0.1) is 0 Å². The number of carbonyl (C=O) groups excluding carboxylic acids is 1. The van der Waals surface area contributed by atoms with Crippen LogP contribution in [0.15, 0.2) is 4.52 Å². The number of carbonyl (C=O) groups is 2. The molecule has 20 heavy (non-hydrogen) atoms.